The van der Waals surface area contributed by atoms with Crippen molar-refractivity contribution in [3.8, 4) is 5.69 Å². The summed E-state index contributed by atoms with van der Waals surface area (Å²) in [7, 11) is 1.98. The number of likely N-dealkylation sites (N-methyl/N-ethyl adjacent to an activating group) is 1. The minimum atomic E-state index is -4.57. The number of aromatic nitrogens is 2. The van der Waals surface area contributed by atoms with Crippen molar-refractivity contribution in [3.63, 3.8) is 0 Å². The molecule has 3 heterocycles. The Morgan fingerprint density at radius 1 is 1.06 bits per heavy atom. The molecule has 0 spiro atoms. The third-order valence-electron chi connectivity index (χ3n) is 6.48. The maximum absolute atomic E-state index is 13.7. The van der Waals surface area contributed by atoms with E-state index in [0.717, 1.165) is 12.1 Å². The van der Waals surface area contributed by atoms with Crippen LogP contribution in [0.5, 0.6) is 0 Å². The number of alkyl halides is 3. The van der Waals surface area contributed by atoms with E-state index in [2.05, 4.69) is 9.88 Å². The Bertz CT molecular complexity index is 1140. The van der Waals surface area contributed by atoms with Gasteiger partial charge in [-0.3, -0.25) is 14.4 Å². The maximum atomic E-state index is 13.7. The number of urea groups is 1. The highest BCUT2D eigenvalue weighted by Gasteiger charge is 2.39. The van der Waals surface area contributed by atoms with Gasteiger partial charge in [-0.15, -0.1) is 0 Å². The zero-order valence-corrected chi connectivity index (χ0v) is 20.7. The summed E-state index contributed by atoms with van der Waals surface area (Å²) in [5.41, 5.74) is -0.748. The molecule has 35 heavy (non-hydrogen) atoms. The average Bonchev–Trinajstić information content (AvgIpc) is 3.18. The molecule has 2 aliphatic rings. The maximum Gasteiger partial charge on any atom is 0.416 e. The second kappa shape index (κ2) is 8.54. The van der Waals surface area contributed by atoms with Gasteiger partial charge < -0.3 is 9.64 Å². The summed E-state index contributed by atoms with van der Waals surface area (Å²) < 4.78 is 47.7. The number of fused-ring (bicyclic) bond motifs is 3. The van der Waals surface area contributed by atoms with Gasteiger partial charge in [-0.1, -0.05) is 0 Å². The van der Waals surface area contributed by atoms with Crippen LogP contribution in [-0.4, -0.2) is 69.2 Å². The molecule has 8 nitrogen and oxygen atoms in total. The number of esters is 1. The van der Waals surface area contributed by atoms with E-state index in [-0.39, 0.29) is 30.0 Å². The molecule has 1 aromatic carbocycles. The van der Waals surface area contributed by atoms with E-state index in [1.54, 1.807) is 30.2 Å². The number of benzene rings is 1. The standard InChI is InChI=1S/C24H30F3N5O3/c1-14-10-30(11-15(2)29(14)6)22(34)31-12-19-20(21(33)35-23(3,4)5)28-13-32(19)17-8-7-16(9-18(17)31)24(25,26)27/h7-9,13-15H,10-12H2,1-6H3/t14-,15+. The van der Waals surface area contributed by atoms with Crippen molar-refractivity contribution in [1.29, 1.82) is 0 Å². The predicted molar refractivity (Wildman–Crippen MR) is 124 cm³/mol. The van der Waals surface area contributed by atoms with Crippen LogP contribution in [0.3, 0.4) is 0 Å². The zero-order chi connectivity index (χ0) is 25.9. The van der Waals surface area contributed by atoms with Gasteiger partial charge in [0, 0.05) is 25.2 Å². The van der Waals surface area contributed by atoms with Crippen molar-refractivity contribution in [2.75, 3.05) is 25.0 Å². The molecule has 1 fully saturated rings. The second-order valence-electron chi connectivity index (χ2n) is 10.3. The molecular weight excluding hydrogens is 463 g/mol. The highest BCUT2D eigenvalue weighted by molar-refractivity contribution is 5.97. The molecule has 0 radical (unpaired) electrons. The molecule has 4 rings (SSSR count). The highest BCUT2D eigenvalue weighted by Crippen LogP contribution is 2.39. The summed E-state index contributed by atoms with van der Waals surface area (Å²) in [6.07, 6.45) is -3.19. The van der Waals surface area contributed by atoms with Gasteiger partial charge in [-0.05, 0) is 59.9 Å². The zero-order valence-electron chi connectivity index (χ0n) is 20.7. The molecule has 0 N–H and O–H groups in total. The van der Waals surface area contributed by atoms with Crippen LogP contribution in [0, 0.1) is 0 Å². The number of ether oxygens (including phenoxy) is 1. The first kappa shape index (κ1) is 25.0. The lowest BCUT2D eigenvalue weighted by Crippen LogP contribution is -2.59. The second-order valence-corrected chi connectivity index (χ2v) is 10.3. The van der Waals surface area contributed by atoms with E-state index in [1.165, 1.54) is 17.3 Å². The van der Waals surface area contributed by atoms with Crippen molar-refractivity contribution < 1.29 is 27.5 Å². The molecule has 2 amide bonds. The summed E-state index contributed by atoms with van der Waals surface area (Å²) in [5, 5.41) is 0. The fourth-order valence-corrected chi connectivity index (χ4v) is 4.49. The van der Waals surface area contributed by atoms with E-state index in [1.807, 2.05) is 20.9 Å². The first-order valence-corrected chi connectivity index (χ1v) is 11.5. The van der Waals surface area contributed by atoms with Gasteiger partial charge >= 0.3 is 18.2 Å². The van der Waals surface area contributed by atoms with Gasteiger partial charge in [0.05, 0.1) is 29.2 Å². The molecule has 0 bridgehead atoms. The Balaban J connectivity index is 1.79. The Labute approximate surface area is 202 Å². The van der Waals surface area contributed by atoms with E-state index in [0.29, 0.717) is 24.5 Å². The molecule has 0 saturated carbocycles. The molecule has 190 valence electrons. The Hall–Kier alpha value is -3.08. The van der Waals surface area contributed by atoms with E-state index >= 15 is 0 Å². The van der Waals surface area contributed by atoms with Crippen LogP contribution in [0.15, 0.2) is 24.5 Å². The van der Waals surface area contributed by atoms with E-state index in [9.17, 15) is 22.8 Å². The lowest BCUT2D eigenvalue weighted by molar-refractivity contribution is -0.137. The van der Waals surface area contributed by atoms with E-state index < -0.39 is 29.3 Å². The quantitative estimate of drug-likeness (QED) is 0.554. The van der Waals surface area contributed by atoms with Crippen molar-refractivity contribution >= 4 is 17.7 Å². The van der Waals surface area contributed by atoms with Crippen LogP contribution in [0.2, 0.25) is 0 Å². The Morgan fingerprint density at radius 3 is 2.26 bits per heavy atom. The van der Waals surface area contributed by atoms with Crippen LogP contribution < -0.4 is 4.90 Å². The van der Waals surface area contributed by atoms with Crippen LogP contribution in [0.25, 0.3) is 5.69 Å². The summed E-state index contributed by atoms with van der Waals surface area (Å²) in [5.74, 6) is -0.657. The number of imidazole rings is 1. The van der Waals surface area contributed by atoms with Crippen LogP contribution in [0.1, 0.15) is 56.4 Å². The number of hydrogen-bond acceptors (Lipinski definition) is 5. The number of piperazine rings is 1. The van der Waals surface area contributed by atoms with Gasteiger partial charge in [-0.2, -0.15) is 13.2 Å². The largest absolute Gasteiger partial charge is 0.455 e. The summed E-state index contributed by atoms with van der Waals surface area (Å²) in [6.45, 7) is 9.93. The number of carbonyl (C=O) groups is 2. The van der Waals surface area contributed by atoms with Gasteiger partial charge in [0.25, 0.3) is 0 Å². The minimum absolute atomic E-state index is 0.0309. The SMILES string of the molecule is C[C@@H]1CN(C(=O)N2Cc3c(C(=O)OC(C)(C)C)ncn3-c3ccc(C(F)(F)F)cc32)C[C@H](C)N1C. The van der Waals surface area contributed by atoms with Crippen molar-refractivity contribution in [1.82, 2.24) is 19.4 Å². The molecule has 2 atom stereocenters. The number of anilines is 1. The van der Waals surface area contributed by atoms with E-state index in [4.69, 9.17) is 4.74 Å². The highest BCUT2D eigenvalue weighted by atomic mass is 19.4. The van der Waals surface area contributed by atoms with Crippen molar-refractivity contribution in [3.05, 3.63) is 41.5 Å². The molecule has 11 heteroatoms. The number of nitrogens with zero attached hydrogens (tertiary/aromatic N) is 5. The first-order valence-electron chi connectivity index (χ1n) is 11.5. The lowest BCUT2D eigenvalue weighted by Gasteiger charge is -2.44. The van der Waals surface area contributed by atoms with Crippen LogP contribution >= 0.6 is 0 Å². The molecule has 2 aliphatic heterocycles. The topological polar surface area (TPSA) is 70.9 Å². The fourth-order valence-electron chi connectivity index (χ4n) is 4.49. The molecule has 1 saturated heterocycles. The average molecular weight is 494 g/mol. The summed E-state index contributed by atoms with van der Waals surface area (Å²) in [4.78, 5) is 35.9. The minimum Gasteiger partial charge on any atom is -0.455 e. The van der Waals surface area contributed by atoms with Gasteiger partial charge in [-0.25, -0.2) is 14.6 Å². The lowest BCUT2D eigenvalue weighted by atomic mass is 10.1. The normalized spacial score (nSPS) is 20.9. The third kappa shape index (κ3) is 4.73. The fraction of sp³-hybridized carbons (Fsp3) is 0.542. The van der Waals surface area contributed by atoms with Gasteiger partial charge in [0.15, 0.2) is 5.69 Å². The number of amides is 2. The predicted octanol–water partition coefficient (Wildman–Crippen LogP) is 4.31. The van der Waals surface area contributed by atoms with Gasteiger partial charge in [0.2, 0.25) is 0 Å². The number of halogens is 3. The molecule has 1 aromatic heterocycles. The van der Waals surface area contributed by atoms with Crippen molar-refractivity contribution in [2.45, 2.75) is 65.0 Å². The van der Waals surface area contributed by atoms with Crippen LogP contribution in [-0.2, 0) is 17.5 Å². The molecule has 0 unspecified atom stereocenters. The Morgan fingerprint density at radius 2 is 1.69 bits per heavy atom. The third-order valence-corrected chi connectivity index (χ3v) is 6.48. The smallest absolute Gasteiger partial charge is 0.416 e. The number of hydrogen-bond donors (Lipinski definition) is 0. The van der Waals surface area contributed by atoms with Gasteiger partial charge in [0.1, 0.15) is 11.9 Å². The number of carbonyl (C=O) groups excluding carboxylic acids is 2. The molecule has 0 aliphatic carbocycles. The first-order chi connectivity index (χ1) is 16.2. The van der Waals surface area contributed by atoms with Crippen LogP contribution in [0.4, 0.5) is 23.7 Å². The summed E-state index contributed by atoms with van der Waals surface area (Å²) in [6, 6.07) is 2.99. The number of rotatable bonds is 1. The molecular formula is C24H30F3N5O3. The molecule has 2 aromatic rings. The monoisotopic (exact) mass is 493 g/mol. The Kier molecular flexibility index (Phi) is 6.11. The van der Waals surface area contributed by atoms with Crippen molar-refractivity contribution in [2.24, 2.45) is 0 Å². The summed E-state index contributed by atoms with van der Waals surface area (Å²) >= 11 is 0.